The van der Waals surface area contributed by atoms with Crippen LogP contribution in [0.4, 0.5) is 4.39 Å². The molecule has 1 saturated carbocycles. The first-order valence-electron chi connectivity index (χ1n) is 4.47. The average molecular weight is 275 g/mol. The molecule has 5 heteroatoms. The lowest BCUT2D eigenvalue weighted by Gasteiger charge is -2.10. The van der Waals surface area contributed by atoms with Crippen LogP contribution in [0.1, 0.15) is 23.2 Å². The second-order valence-corrected chi connectivity index (χ2v) is 4.24. The first-order chi connectivity index (χ1) is 7.08. The fraction of sp³-hybridized carbons (Fsp3) is 0.300. The van der Waals surface area contributed by atoms with Crippen molar-refractivity contribution in [2.45, 2.75) is 18.9 Å². The second kappa shape index (κ2) is 3.81. The number of carbonyl (C=O) groups is 1. The molecule has 80 valence electrons. The fourth-order valence-electron chi connectivity index (χ4n) is 1.19. The van der Waals surface area contributed by atoms with Crippen LogP contribution in [0.5, 0.6) is 5.75 Å². The number of carboxylic acids is 1. The normalized spacial score (nSPS) is 15.1. The van der Waals surface area contributed by atoms with E-state index in [0.29, 0.717) is 4.47 Å². The van der Waals surface area contributed by atoms with Gasteiger partial charge in [-0.3, -0.25) is 0 Å². The average Bonchev–Trinajstić information content (AvgIpc) is 2.92. The SMILES string of the molecule is O=C(O)c1cc(F)cc(Br)c1OC1CC1. The van der Waals surface area contributed by atoms with Gasteiger partial charge in [-0.1, -0.05) is 0 Å². The zero-order chi connectivity index (χ0) is 11.0. The lowest BCUT2D eigenvalue weighted by molar-refractivity contribution is 0.0691. The molecule has 1 fully saturated rings. The topological polar surface area (TPSA) is 46.5 Å². The highest BCUT2D eigenvalue weighted by Gasteiger charge is 2.27. The summed E-state index contributed by atoms with van der Waals surface area (Å²) < 4.78 is 18.7. The Morgan fingerprint density at radius 1 is 1.53 bits per heavy atom. The van der Waals surface area contributed by atoms with Crippen molar-refractivity contribution in [2.75, 3.05) is 0 Å². The number of rotatable bonds is 3. The molecule has 0 atom stereocenters. The van der Waals surface area contributed by atoms with Crippen LogP contribution in [0.3, 0.4) is 0 Å². The van der Waals surface area contributed by atoms with E-state index in [9.17, 15) is 9.18 Å². The fourth-order valence-corrected chi connectivity index (χ4v) is 1.72. The third-order valence-electron chi connectivity index (χ3n) is 2.05. The van der Waals surface area contributed by atoms with Gasteiger partial charge in [0.15, 0.2) is 0 Å². The Balaban J connectivity index is 2.42. The van der Waals surface area contributed by atoms with Gasteiger partial charge in [-0.2, -0.15) is 0 Å². The molecule has 1 aromatic rings. The molecule has 2 rings (SSSR count). The summed E-state index contributed by atoms with van der Waals surface area (Å²) >= 11 is 3.09. The highest BCUT2D eigenvalue weighted by Crippen LogP contribution is 2.35. The molecule has 0 unspecified atom stereocenters. The maximum absolute atomic E-state index is 13.0. The number of ether oxygens (including phenoxy) is 1. The molecule has 1 aliphatic rings. The van der Waals surface area contributed by atoms with Gasteiger partial charge in [-0.25, -0.2) is 9.18 Å². The van der Waals surface area contributed by atoms with E-state index in [4.69, 9.17) is 9.84 Å². The van der Waals surface area contributed by atoms with E-state index in [1.165, 1.54) is 6.07 Å². The van der Waals surface area contributed by atoms with Gasteiger partial charge in [0.05, 0.1) is 10.6 Å². The molecule has 0 aromatic heterocycles. The standard InChI is InChI=1S/C10H8BrFO3/c11-8-4-5(12)3-7(10(13)14)9(8)15-6-1-2-6/h3-4,6H,1-2H2,(H,13,14). The monoisotopic (exact) mass is 274 g/mol. The van der Waals surface area contributed by atoms with Crippen molar-refractivity contribution in [3.8, 4) is 5.75 Å². The van der Waals surface area contributed by atoms with Gasteiger partial charge in [0.1, 0.15) is 17.1 Å². The van der Waals surface area contributed by atoms with Crippen molar-refractivity contribution in [3.63, 3.8) is 0 Å². The predicted molar refractivity (Wildman–Crippen MR) is 54.7 cm³/mol. The van der Waals surface area contributed by atoms with Crippen LogP contribution in [-0.4, -0.2) is 17.2 Å². The molecule has 0 aliphatic heterocycles. The van der Waals surface area contributed by atoms with E-state index >= 15 is 0 Å². The second-order valence-electron chi connectivity index (χ2n) is 3.39. The summed E-state index contributed by atoms with van der Waals surface area (Å²) in [6, 6.07) is 2.16. The summed E-state index contributed by atoms with van der Waals surface area (Å²) in [5.74, 6) is -1.57. The largest absolute Gasteiger partial charge is 0.488 e. The van der Waals surface area contributed by atoms with Crippen molar-refractivity contribution < 1.29 is 19.0 Å². The molecule has 1 aliphatic carbocycles. The molecule has 3 nitrogen and oxygen atoms in total. The first-order valence-corrected chi connectivity index (χ1v) is 5.26. The van der Waals surface area contributed by atoms with Crippen molar-refractivity contribution in [3.05, 3.63) is 28.0 Å². The minimum absolute atomic E-state index is 0.0739. The van der Waals surface area contributed by atoms with Crippen molar-refractivity contribution in [1.29, 1.82) is 0 Å². The summed E-state index contributed by atoms with van der Waals surface area (Å²) in [7, 11) is 0. The summed E-state index contributed by atoms with van der Waals surface area (Å²) in [6.45, 7) is 0. The number of carboxylic acid groups (broad SMARTS) is 1. The minimum atomic E-state index is -1.19. The van der Waals surface area contributed by atoms with Gasteiger partial charge >= 0.3 is 5.97 Å². The smallest absolute Gasteiger partial charge is 0.339 e. The quantitative estimate of drug-likeness (QED) is 0.922. The third kappa shape index (κ3) is 2.28. The van der Waals surface area contributed by atoms with Crippen LogP contribution in [0.25, 0.3) is 0 Å². The third-order valence-corrected chi connectivity index (χ3v) is 2.64. The van der Waals surface area contributed by atoms with Crippen molar-refractivity contribution in [1.82, 2.24) is 0 Å². The molecule has 0 heterocycles. The Bertz CT molecular complexity index is 415. The summed E-state index contributed by atoms with van der Waals surface area (Å²) in [5, 5.41) is 8.88. The first kappa shape index (κ1) is 10.4. The maximum atomic E-state index is 13.0. The van der Waals surface area contributed by atoms with Crippen molar-refractivity contribution >= 4 is 21.9 Å². The molecule has 0 radical (unpaired) electrons. The molecule has 0 amide bonds. The van der Waals surface area contributed by atoms with Gasteiger partial charge in [-0.05, 0) is 40.9 Å². The number of halogens is 2. The van der Waals surface area contributed by atoms with Crippen LogP contribution >= 0.6 is 15.9 Å². The van der Waals surface area contributed by atoms with E-state index in [-0.39, 0.29) is 17.4 Å². The molecule has 0 saturated heterocycles. The molecule has 0 bridgehead atoms. The number of hydrogen-bond acceptors (Lipinski definition) is 2. The van der Waals surface area contributed by atoms with Crippen LogP contribution in [0.2, 0.25) is 0 Å². The van der Waals surface area contributed by atoms with Crippen LogP contribution in [0.15, 0.2) is 16.6 Å². The summed E-state index contributed by atoms with van der Waals surface area (Å²) in [5.41, 5.74) is -0.145. The maximum Gasteiger partial charge on any atom is 0.339 e. The Labute approximate surface area is 94.0 Å². The molecular formula is C10H8BrFO3. The number of hydrogen-bond donors (Lipinski definition) is 1. The molecule has 15 heavy (non-hydrogen) atoms. The van der Waals surface area contributed by atoms with Gasteiger partial charge < -0.3 is 9.84 Å². The summed E-state index contributed by atoms with van der Waals surface area (Å²) in [6.07, 6.45) is 1.91. The highest BCUT2D eigenvalue weighted by molar-refractivity contribution is 9.10. The van der Waals surface area contributed by atoms with Gasteiger partial charge in [-0.15, -0.1) is 0 Å². The van der Waals surface area contributed by atoms with E-state index in [0.717, 1.165) is 18.9 Å². The van der Waals surface area contributed by atoms with Gasteiger partial charge in [0, 0.05) is 0 Å². The Hall–Kier alpha value is -1.10. The zero-order valence-electron chi connectivity index (χ0n) is 7.67. The number of benzene rings is 1. The van der Waals surface area contributed by atoms with E-state index in [1.54, 1.807) is 0 Å². The van der Waals surface area contributed by atoms with E-state index in [1.807, 2.05) is 0 Å². The Morgan fingerprint density at radius 3 is 2.73 bits per heavy atom. The number of aromatic carboxylic acids is 1. The molecule has 0 spiro atoms. The van der Waals surface area contributed by atoms with Crippen LogP contribution < -0.4 is 4.74 Å². The van der Waals surface area contributed by atoms with Crippen LogP contribution in [0, 0.1) is 5.82 Å². The van der Waals surface area contributed by atoms with Gasteiger partial charge in [0.25, 0.3) is 0 Å². The van der Waals surface area contributed by atoms with Crippen LogP contribution in [-0.2, 0) is 0 Å². The van der Waals surface area contributed by atoms with Gasteiger partial charge in [0.2, 0.25) is 0 Å². The minimum Gasteiger partial charge on any atom is -0.488 e. The Kier molecular flexibility index (Phi) is 2.65. The predicted octanol–water partition coefficient (Wildman–Crippen LogP) is 2.83. The molecule has 1 aromatic carbocycles. The summed E-state index contributed by atoms with van der Waals surface area (Å²) in [4.78, 5) is 10.9. The molecular weight excluding hydrogens is 267 g/mol. The lowest BCUT2D eigenvalue weighted by Crippen LogP contribution is -2.06. The van der Waals surface area contributed by atoms with E-state index < -0.39 is 11.8 Å². The highest BCUT2D eigenvalue weighted by atomic mass is 79.9. The van der Waals surface area contributed by atoms with E-state index in [2.05, 4.69) is 15.9 Å². The lowest BCUT2D eigenvalue weighted by atomic mass is 10.2. The van der Waals surface area contributed by atoms with Crippen molar-refractivity contribution in [2.24, 2.45) is 0 Å². The molecule has 1 N–H and O–H groups in total. The Morgan fingerprint density at radius 2 is 2.20 bits per heavy atom. The zero-order valence-corrected chi connectivity index (χ0v) is 9.25.